The lowest BCUT2D eigenvalue weighted by Gasteiger charge is -2.38. The number of aryl methyl sites for hydroxylation is 4. The smallest absolute Gasteiger partial charge is 0.165 e. The molecule has 1 aliphatic heterocycles. The molecule has 1 atom stereocenters. The maximum absolute atomic E-state index is 14.0. The molecule has 5 aromatic rings. The van der Waals surface area contributed by atoms with Crippen LogP contribution in [0.5, 0.6) is 0 Å². The summed E-state index contributed by atoms with van der Waals surface area (Å²) < 4.78 is 3.99. The third kappa shape index (κ3) is 4.15. The van der Waals surface area contributed by atoms with E-state index in [2.05, 4.69) is 64.0 Å². The highest BCUT2D eigenvalue weighted by molar-refractivity contribution is 6.34. The molecule has 37 heavy (non-hydrogen) atoms. The summed E-state index contributed by atoms with van der Waals surface area (Å²) in [6.07, 6.45) is 3.68. The molecule has 0 fully saturated rings. The van der Waals surface area contributed by atoms with E-state index in [0.29, 0.717) is 29.4 Å². The van der Waals surface area contributed by atoms with E-state index in [0.717, 1.165) is 41.0 Å². The minimum atomic E-state index is -0.360. The topological polar surface area (TPSA) is 65.6 Å². The van der Waals surface area contributed by atoms with Crippen molar-refractivity contribution in [3.63, 3.8) is 0 Å². The molecule has 186 valence electrons. The van der Waals surface area contributed by atoms with Crippen LogP contribution in [0.15, 0.2) is 67.0 Å². The summed E-state index contributed by atoms with van der Waals surface area (Å²) in [7, 11) is 0. The molecule has 1 aliphatic rings. The van der Waals surface area contributed by atoms with Crippen molar-refractivity contribution in [3.8, 4) is 5.69 Å². The monoisotopic (exact) mass is 509 g/mol. The number of nitrogens with zero attached hydrogens (tertiary/aromatic N) is 5. The van der Waals surface area contributed by atoms with Crippen LogP contribution in [0.2, 0.25) is 5.02 Å². The quantitative estimate of drug-likeness (QED) is 0.259. The van der Waals surface area contributed by atoms with Crippen molar-refractivity contribution in [2.45, 2.75) is 52.0 Å². The molecular weight excluding hydrogens is 482 g/mol. The van der Waals surface area contributed by atoms with Gasteiger partial charge in [-0.15, -0.1) is 0 Å². The molecular formula is C30H28ClN5O. The lowest BCUT2D eigenvalue weighted by Crippen LogP contribution is -2.39. The second-order valence-electron chi connectivity index (χ2n) is 10.2. The zero-order chi connectivity index (χ0) is 25.7. The Morgan fingerprint density at radius 1 is 1.05 bits per heavy atom. The van der Waals surface area contributed by atoms with E-state index < -0.39 is 0 Å². The van der Waals surface area contributed by atoms with Gasteiger partial charge in [0, 0.05) is 30.4 Å². The average Bonchev–Trinajstić information content (AvgIpc) is 3.46. The Kier molecular flexibility index (Phi) is 5.72. The molecule has 0 saturated heterocycles. The van der Waals surface area contributed by atoms with Crippen LogP contribution in [0.25, 0.3) is 16.7 Å². The van der Waals surface area contributed by atoms with Gasteiger partial charge in [-0.25, -0.2) is 14.6 Å². The minimum Gasteiger partial charge on any atom is -0.327 e. The second kappa shape index (κ2) is 8.96. The molecule has 0 bridgehead atoms. The largest absolute Gasteiger partial charge is 0.327 e. The van der Waals surface area contributed by atoms with E-state index >= 15 is 0 Å². The van der Waals surface area contributed by atoms with Gasteiger partial charge in [0.2, 0.25) is 0 Å². The first-order valence-electron chi connectivity index (χ1n) is 12.6. The number of ketones is 1. The van der Waals surface area contributed by atoms with Crippen molar-refractivity contribution in [3.05, 3.63) is 106 Å². The summed E-state index contributed by atoms with van der Waals surface area (Å²) >= 11 is 6.75. The first-order valence-corrected chi connectivity index (χ1v) is 12.9. The SMILES string of the molecule is Cc1ccc2c(c1)nc1n2C[C@@](CC(=O)c2c(C)cc(-n3cnc(C)n3)cc2Cl)(c2ccccc2)CC1. The zero-order valence-corrected chi connectivity index (χ0v) is 22.0. The first-order chi connectivity index (χ1) is 17.8. The van der Waals surface area contributed by atoms with Gasteiger partial charge in [0.25, 0.3) is 0 Å². The number of carbonyl (C=O) groups excluding carboxylic acids is 1. The standard InChI is InChI=1S/C30H28ClN5O/c1-19-9-10-26-25(13-19)33-28-11-12-30(17-35(26)28,22-7-5-4-6-8-22)16-27(37)29-20(2)14-23(15-24(29)31)36-18-32-21(3)34-36/h4-10,13-15,18H,11-12,16-17H2,1-3H3/t30-/m1/s1. The van der Waals surface area contributed by atoms with Crippen LogP contribution in [0, 0.1) is 20.8 Å². The molecule has 0 N–H and O–H groups in total. The Hall–Kier alpha value is -3.77. The Bertz CT molecular complexity index is 1630. The molecule has 6 rings (SSSR count). The highest BCUT2D eigenvalue weighted by Crippen LogP contribution is 2.42. The summed E-state index contributed by atoms with van der Waals surface area (Å²) in [6.45, 7) is 6.56. The van der Waals surface area contributed by atoms with E-state index in [4.69, 9.17) is 16.6 Å². The van der Waals surface area contributed by atoms with Gasteiger partial charge >= 0.3 is 0 Å². The summed E-state index contributed by atoms with van der Waals surface area (Å²) in [4.78, 5) is 23.1. The third-order valence-electron chi connectivity index (χ3n) is 7.58. The van der Waals surface area contributed by atoms with Crippen LogP contribution >= 0.6 is 11.6 Å². The number of carbonyl (C=O) groups is 1. The summed E-state index contributed by atoms with van der Waals surface area (Å²) in [5.74, 6) is 1.82. The van der Waals surface area contributed by atoms with E-state index in [9.17, 15) is 4.79 Å². The van der Waals surface area contributed by atoms with Crippen LogP contribution in [0.3, 0.4) is 0 Å². The normalized spacial score (nSPS) is 17.2. The number of aromatic nitrogens is 5. The molecule has 7 heteroatoms. The van der Waals surface area contributed by atoms with Crippen molar-refractivity contribution in [2.24, 2.45) is 0 Å². The fraction of sp³-hybridized carbons (Fsp3) is 0.267. The third-order valence-corrected chi connectivity index (χ3v) is 7.88. The number of halogens is 1. The maximum Gasteiger partial charge on any atom is 0.165 e. The Morgan fingerprint density at radius 3 is 2.59 bits per heavy atom. The van der Waals surface area contributed by atoms with Crippen LogP contribution in [0.1, 0.15) is 51.5 Å². The zero-order valence-electron chi connectivity index (χ0n) is 21.2. The van der Waals surface area contributed by atoms with Gasteiger partial charge in [0.1, 0.15) is 18.0 Å². The van der Waals surface area contributed by atoms with E-state index in [1.54, 1.807) is 17.1 Å². The summed E-state index contributed by atoms with van der Waals surface area (Å²) in [5, 5.41) is 4.82. The lowest BCUT2D eigenvalue weighted by atomic mass is 9.70. The number of imidazole rings is 1. The van der Waals surface area contributed by atoms with E-state index in [1.807, 2.05) is 26.0 Å². The molecule has 0 amide bonds. The van der Waals surface area contributed by atoms with Gasteiger partial charge in [0.15, 0.2) is 5.78 Å². The van der Waals surface area contributed by atoms with Crippen molar-refractivity contribution in [1.29, 1.82) is 0 Å². The summed E-state index contributed by atoms with van der Waals surface area (Å²) in [6, 6.07) is 20.6. The molecule has 3 heterocycles. The van der Waals surface area contributed by atoms with Crippen molar-refractivity contribution >= 4 is 28.4 Å². The minimum absolute atomic E-state index is 0.0522. The molecule has 6 nitrogen and oxygen atoms in total. The van der Waals surface area contributed by atoms with Crippen molar-refractivity contribution in [1.82, 2.24) is 24.3 Å². The van der Waals surface area contributed by atoms with Gasteiger partial charge in [-0.1, -0.05) is 48.0 Å². The highest BCUT2D eigenvalue weighted by Gasteiger charge is 2.40. The van der Waals surface area contributed by atoms with Gasteiger partial charge < -0.3 is 4.57 Å². The molecule has 3 aromatic carbocycles. The van der Waals surface area contributed by atoms with Gasteiger partial charge in [-0.2, -0.15) is 5.10 Å². The summed E-state index contributed by atoms with van der Waals surface area (Å²) in [5.41, 5.74) is 6.35. The van der Waals surface area contributed by atoms with E-state index in [-0.39, 0.29) is 11.2 Å². The molecule has 0 aliphatic carbocycles. The number of fused-ring (bicyclic) bond motifs is 3. The average molecular weight is 510 g/mol. The first kappa shape index (κ1) is 23.6. The van der Waals surface area contributed by atoms with E-state index in [1.165, 1.54) is 11.1 Å². The van der Waals surface area contributed by atoms with Crippen LogP contribution in [0.4, 0.5) is 0 Å². The maximum atomic E-state index is 14.0. The lowest BCUT2D eigenvalue weighted by molar-refractivity contribution is 0.0930. The number of benzene rings is 3. The highest BCUT2D eigenvalue weighted by atomic mass is 35.5. The van der Waals surface area contributed by atoms with Crippen LogP contribution < -0.4 is 0 Å². The number of Topliss-reactive ketones (excluding diaryl/α,β-unsaturated/α-hetero) is 1. The van der Waals surface area contributed by atoms with Gasteiger partial charge in [-0.05, 0) is 68.1 Å². The number of hydrogen-bond donors (Lipinski definition) is 0. The van der Waals surface area contributed by atoms with Crippen molar-refractivity contribution in [2.75, 3.05) is 0 Å². The Balaban J connectivity index is 1.40. The fourth-order valence-corrected chi connectivity index (χ4v) is 6.11. The Labute approximate surface area is 220 Å². The predicted molar refractivity (Wildman–Crippen MR) is 146 cm³/mol. The van der Waals surface area contributed by atoms with Crippen molar-refractivity contribution < 1.29 is 4.79 Å². The fourth-order valence-electron chi connectivity index (χ4n) is 5.74. The van der Waals surface area contributed by atoms with Gasteiger partial charge in [0.05, 0.1) is 21.7 Å². The number of rotatable bonds is 5. The van der Waals surface area contributed by atoms with Crippen LogP contribution in [-0.2, 0) is 18.4 Å². The molecule has 0 unspecified atom stereocenters. The van der Waals surface area contributed by atoms with Crippen LogP contribution in [-0.4, -0.2) is 30.1 Å². The molecule has 0 spiro atoms. The van der Waals surface area contributed by atoms with Gasteiger partial charge in [-0.3, -0.25) is 4.79 Å². The predicted octanol–water partition coefficient (Wildman–Crippen LogP) is 6.35. The molecule has 2 aromatic heterocycles. The number of hydrogen-bond acceptors (Lipinski definition) is 4. The second-order valence-corrected chi connectivity index (χ2v) is 10.6. The molecule has 0 radical (unpaired) electrons. The Morgan fingerprint density at radius 2 is 1.86 bits per heavy atom. The molecule has 0 saturated carbocycles.